The highest BCUT2D eigenvalue weighted by Crippen LogP contribution is 2.14. The van der Waals surface area contributed by atoms with Gasteiger partial charge in [-0.3, -0.25) is 19.2 Å². The molecule has 0 aliphatic rings. The number of rotatable bonds is 21. The average Bonchev–Trinajstić information content (AvgIpc) is 2.92. The number of ether oxygens (including phenoxy) is 4. The van der Waals surface area contributed by atoms with Crippen LogP contribution < -0.4 is 37.5 Å². The molecule has 15 heteroatoms. The van der Waals surface area contributed by atoms with Crippen molar-refractivity contribution < 1.29 is 42.9 Å². The molecule has 2 atom stereocenters. The van der Waals surface area contributed by atoms with Crippen LogP contribution in [-0.4, -0.2) is 94.2 Å². The Hall–Kier alpha value is -3.95. The zero-order chi connectivity index (χ0) is 31.4. The predicted molar refractivity (Wildman–Crippen MR) is 152 cm³/mol. The Kier molecular flexibility index (Phi) is 17.2. The summed E-state index contributed by atoms with van der Waals surface area (Å²) in [4.78, 5) is 58.6. The van der Waals surface area contributed by atoms with E-state index < -0.39 is 35.8 Å². The molecule has 0 aromatic heterocycles. The van der Waals surface area contributed by atoms with Crippen LogP contribution in [0, 0.1) is 0 Å². The van der Waals surface area contributed by atoms with Gasteiger partial charge in [-0.25, -0.2) is 4.79 Å². The standard InChI is InChI=1S/C27H44N6O9/c1-27(2,3)42-26(38)33-21(9-4-5-10-30-18-34)25(37)32-12-11-31-24(36)19-7-6-8-20(15-19)41-17-23(29)40-14-13-39-16-22(28)35/h6-8,15,18,21,23H,4-5,9-14,16-17,29H2,1-3H3,(H2,28,35)(H,30,34)(H,31,36)(H,32,37)(H,33,38). The van der Waals surface area contributed by atoms with Crippen LogP contribution in [-0.2, 0) is 28.6 Å². The van der Waals surface area contributed by atoms with Gasteiger partial charge in [0.2, 0.25) is 18.2 Å². The first-order chi connectivity index (χ1) is 19.9. The van der Waals surface area contributed by atoms with Gasteiger partial charge in [-0.15, -0.1) is 0 Å². The number of primary amides is 1. The molecule has 236 valence electrons. The lowest BCUT2D eigenvalue weighted by Crippen LogP contribution is -2.49. The molecule has 42 heavy (non-hydrogen) atoms. The van der Waals surface area contributed by atoms with Crippen LogP contribution >= 0.6 is 0 Å². The molecule has 0 aliphatic carbocycles. The number of benzene rings is 1. The van der Waals surface area contributed by atoms with Gasteiger partial charge in [0.05, 0.1) is 13.2 Å². The van der Waals surface area contributed by atoms with Crippen LogP contribution in [0.3, 0.4) is 0 Å². The SMILES string of the molecule is CC(C)(C)OC(=O)NC(CCCCNC=O)C(=O)NCCNC(=O)c1cccc(OCC(N)OCCOCC(N)=O)c1. The molecule has 0 spiro atoms. The van der Waals surface area contributed by atoms with Crippen molar-refractivity contribution in [1.29, 1.82) is 0 Å². The molecule has 2 unspecified atom stereocenters. The number of unbranched alkanes of at least 4 members (excludes halogenated alkanes) is 1. The van der Waals surface area contributed by atoms with Crippen LogP contribution in [0.15, 0.2) is 24.3 Å². The van der Waals surface area contributed by atoms with Crippen LogP contribution in [0.5, 0.6) is 5.75 Å². The van der Waals surface area contributed by atoms with Crippen molar-refractivity contribution >= 4 is 30.2 Å². The van der Waals surface area contributed by atoms with Gasteiger partial charge in [-0.2, -0.15) is 0 Å². The average molecular weight is 597 g/mol. The third-order valence-corrected chi connectivity index (χ3v) is 5.18. The summed E-state index contributed by atoms with van der Waals surface area (Å²) in [6.45, 7) is 5.97. The van der Waals surface area contributed by atoms with E-state index in [9.17, 15) is 24.0 Å². The van der Waals surface area contributed by atoms with Gasteiger partial charge in [-0.1, -0.05) is 6.07 Å². The highest BCUT2D eigenvalue weighted by Gasteiger charge is 2.24. The third-order valence-electron chi connectivity index (χ3n) is 5.18. The van der Waals surface area contributed by atoms with Crippen LogP contribution in [0.2, 0.25) is 0 Å². The number of nitrogens with one attached hydrogen (secondary N) is 4. The van der Waals surface area contributed by atoms with Gasteiger partial charge in [0.1, 0.15) is 36.8 Å². The Bertz CT molecular complexity index is 1000. The largest absolute Gasteiger partial charge is 0.489 e. The Balaban J connectivity index is 2.48. The van der Waals surface area contributed by atoms with E-state index in [1.807, 2.05) is 0 Å². The van der Waals surface area contributed by atoms with E-state index in [4.69, 9.17) is 30.4 Å². The second-order valence-electron chi connectivity index (χ2n) is 10.1. The lowest BCUT2D eigenvalue weighted by atomic mass is 10.1. The van der Waals surface area contributed by atoms with Gasteiger partial charge in [0, 0.05) is 25.2 Å². The summed E-state index contributed by atoms with van der Waals surface area (Å²) >= 11 is 0. The Labute approximate surface area is 245 Å². The summed E-state index contributed by atoms with van der Waals surface area (Å²) in [5.41, 5.74) is 10.4. The van der Waals surface area contributed by atoms with Gasteiger partial charge in [0.15, 0.2) is 0 Å². The minimum absolute atomic E-state index is 0.0129. The topological polar surface area (TPSA) is 222 Å². The molecule has 0 heterocycles. The summed E-state index contributed by atoms with van der Waals surface area (Å²) in [7, 11) is 0. The number of hydrogen-bond donors (Lipinski definition) is 6. The molecule has 1 aromatic rings. The van der Waals surface area contributed by atoms with E-state index in [1.165, 1.54) is 6.07 Å². The van der Waals surface area contributed by atoms with Crippen molar-refractivity contribution in [3.8, 4) is 5.75 Å². The molecule has 0 saturated heterocycles. The lowest BCUT2D eigenvalue weighted by Gasteiger charge is -2.23. The van der Waals surface area contributed by atoms with Crippen molar-refractivity contribution in [2.45, 2.75) is 57.9 Å². The zero-order valence-corrected chi connectivity index (χ0v) is 24.4. The Morgan fingerprint density at radius 1 is 1.02 bits per heavy atom. The maximum atomic E-state index is 12.7. The first kappa shape index (κ1) is 36.1. The lowest BCUT2D eigenvalue weighted by molar-refractivity contribution is -0.124. The van der Waals surface area contributed by atoms with E-state index in [-0.39, 0.29) is 45.4 Å². The quantitative estimate of drug-likeness (QED) is 0.0608. The molecule has 0 aliphatic heterocycles. The van der Waals surface area contributed by atoms with Gasteiger partial charge < -0.3 is 51.7 Å². The van der Waals surface area contributed by atoms with Gasteiger partial charge >= 0.3 is 6.09 Å². The van der Waals surface area contributed by atoms with E-state index >= 15 is 0 Å². The van der Waals surface area contributed by atoms with Crippen LogP contribution in [0.1, 0.15) is 50.4 Å². The van der Waals surface area contributed by atoms with Crippen molar-refractivity contribution in [2.75, 3.05) is 46.1 Å². The van der Waals surface area contributed by atoms with Crippen molar-refractivity contribution in [3.05, 3.63) is 29.8 Å². The van der Waals surface area contributed by atoms with E-state index in [0.29, 0.717) is 43.5 Å². The molecule has 5 amide bonds. The number of amides is 5. The first-order valence-electron chi connectivity index (χ1n) is 13.6. The maximum Gasteiger partial charge on any atom is 0.408 e. The number of hydrogen-bond acceptors (Lipinski definition) is 10. The summed E-state index contributed by atoms with van der Waals surface area (Å²) < 4.78 is 21.1. The molecule has 0 bridgehead atoms. The van der Waals surface area contributed by atoms with Crippen molar-refractivity contribution in [3.63, 3.8) is 0 Å². The van der Waals surface area contributed by atoms with E-state index in [2.05, 4.69) is 21.3 Å². The molecule has 0 fully saturated rings. The first-order valence-corrected chi connectivity index (χ1v) is 13.6. The Morgan fingerprint density at radius 2 is 1.76 bits per heavy atom. The minimum atomic E-state index is -0.848. The highest BCUT2D eigenvalue weighted by molar-refractivity contribution is 5.94. The molecule has 1 aromatic carbocycles. The fraction of sp³-hybridized carbons (Fsp3) is 0.593. The van der Waals surface area contributed by atoms with Crippen LogP contribution in [0.25, 0.3) is 0 Å². The van der Waals surface area contributed by atoms with Crippen molar-refractivity contribution in [2.24, 2.45) is 11.5 Å². The normalized spacial score (nSPS) is 12.4. The molecule has 0 saturated carbocycles. The molecule has 15 nitrogen and oxygen atoms in total. The number of carbonyl (C=O) groups is 5. The number of nitrogens with two attached hydrogens (primary N) is 2. The second kappa shape index (κ2) is 20.0. The summed E-state index contributed by atoms with van der Waals surface area (Å²) in [5, 5.41) is 10.5. The summed E-state index contributed by atoms with van der Waals surface area (Å²) in [6, 6.07) is 5.60. The highest BCUT2D eigenvalue weighted by atomic mass is 16.6. The van der Waals surface area contributed by atoms with Crippen molar-refractivity contribution in [1.82, 2.24) is 21.3 Å². The fourth-order valence-corrected chi connectivity index (χ4v) is 3.32. The molecule has 0 radical (unpaired) electrons. The smallest absolute Gasteiger partial charge is 0.408 e. The fourth-order valence-electron chi connectivity index (χ4n) is 3.32. The van der Waals surface area contributed by atoms with Gasteiger partial charge in [0.25, 0.3) is 5.91 Å². The van der Waals surface area contributed by atoms with E-state index in [0.717, 1.165) is 0 Å². The zero-order valence-electron chi connectivity index (χ0n) is 24.4. The molecule has 8 N–H and O–H groups in total. The molecular formula is C27H44N6O9. The maximum absolute atomic E-state index is 12.7. The van der Waals surface area contributed by atoms with Gasteiger partial charge in [-0.05, 0) is 58.2 Å². The van der Waals surface area contributed by atoms with Crippen LogP contribution in [0.4, 0.5) is 4.79 Å². The summed E-state index contributed by atoms with van der Waals surface area (Å²) in [6.07, 6.45) is 0.663. The number of alkyl carbamates (subject to hydrolysis) is 1. The molecule has 1 rings (SSSR count). The summed E-state index contributed by atoms with van der Waals surface area (Å²) in [5.74, 6) is -0.982. The number of carbonyl (C=O) groups excluding carboxylic acids is 5. The third kappa shape index (κ3) is 17.7. The second-order valence-corrected chi connectivity index (χ2v) is 10.1. The van der Waals surface area contributed by atoms with E-state index in [1.54, 1.807) is 39.0 Å². The minimum Gasteiger partial charge on any atom is -0.489 e. The monoisotopic (exact) mass is 596 g/mol. The Morgan fingerprint density at radius 3 is 2.45 bits per heavy atom. The predicted octanol–water partition coefficient (Wildman–Crippen LogP) is -0.476. The molecular weight excluding hydrogens is 552 g/mol.